The van der Waals surface area contributed by atoms with Crippen molar-refractivity contribution in [2.75, 3.05) is 19.6 Å². The molecule has 1 saturated heterocycles. The van der Waals surface area contributed by atoms with Gasteiger partial charge in [-0.1, -0.05) is 19.8 Å². The van der Waals surface area contributed by atoms with Gasteiger partial charge in [0.25, 0.3) is 0 Å². The summed E-state index contributed by atoms with van der Waals surface area (Å²) in [6, 6.07) is 0.953. The predicted molar refractivity (Wildman–Crippen MR) is 78.9 cm³/mol. The SMILES string of the molecule is CCCCN1CCCCC1CN=C(N)NC(C)C. The summed E-state index contributed by atoms with van der Waals surface area (Å²) in [5.74, 6) is 0.589. The highest BCUT2D eigenvalue weighted by molar-refractivity contribution is 5.78. The zero-order chi connectivity index (χ0) is 13.4. The molecule has 1 aliphatic rings. The Labute approximate surface area is 112 Å². The molecule has 4 nitrogen and oxygen atoms in total. The van der Waals surface area contributed by atoms with Crippen LogP contribution < -0.4 is 11.1 Å². The Morgan fingerprint density at radius 2 is 2.22 bits per heavy atom. The summed E-state index contributed by atoms with van der Waals surface area (Å²) in [5, 5.41) is 3.15. The normalized spacial score (nSPS) is 22.4. The molecule has 1 atom stereocenters. The van der Waals surface area contributed by atoms with Gasteiger partial charge in [-0.05, 0) is 46.2 Å². The average molecular weight is 254 g/mol. The van der Waals surface area contributed by atoms with E-state index in [-0.39, 0.29) is 0 Å². The number of likely N-dealkylation sites (tertiary alicyclic amines) is 1. The summed E-state index contributed by atoms with van der Waals surface area (Å²) < 4.78 is 0. The first-order valence-corrected chi connectivity index (χ1v) is 7.44. The molecule has 0 aromatic rings. The summed E-state index contributed by atoms with van der Waals surface area (Å²) in [7, 11) is 0. The third kappa shape index (κ3) is 5.71. The number of piperidine rings is 1. The number of unbranched alkanes of at least 4 members (excludes halogenated alkanes) is 1. The Kier molecular flexibility index (Phi) is 7.09. The summed E-state index contributed by atoms with van der Waals surface area (Å²) in [6.07, 6.45) is 6.50. The van der Waals surface area contributed by atoms with E-state index >= 15 is 0 Å². The number of rotatable bonds is 6. The third-order valence-electron chi connectivity index (χ3n) is 3.46. The molecular formula is C14H30N4. The largest absolute Gasteiger partial charge is 0.370 e. The number of nitrogens with two attached hydrogens (primary N) is 1. The lowest BCUT2D eigenvalue weighted by molar-refractivity contribution is 0.151. The highest BCUT2D eigenvalue weighted by Crippen LogP contribution is 2.17. The molecule has 4 heteroatoms. The van der Waals surface area contributed by atoms with Gasteiger partial charge in [0.15, 0.2) is 5.96 Å². The van der Waals surface area contributed by atoms with Crippen LogP contribution in [-0.4, -0.2) is 42.6 Å². The van der Waals surface area contributed by atoms with Gasteiger partial charge in [0.05, 0.1) is 6.54 Å². The van der Waals surface area contributed by atoms with Crippen molar-refractivity contribution >= 4 is 5.96 Å². The summed E-state index contributed by atoms with van der Waals surface area (Å²) in [6.45, 7) is 9.70. The van der Waals surface area contributed by atoms with Crippen molar-refractivity contribution in [2.24, 2.45) is 10.7 Å². The number of aliphatic imine (C=N–C) groups is 1. The second-order valence-electron chi connectivity index (χ2n) is 5.56. The number of nitrogens with zero attached hydrogens (tertiary/aromatic N) is 2. The van der Waals surface area contributed by atoms with Gasteiger partial charge >= 0.3 is 0 Å². The van der Waals surface area contributed by atoms with Gasteiger partial charge in [0.2, 0.25) is 0 Å². The summed E-state index contributed by atoms with van der Waals surface area (Å²) >= 11 is 0. The van der Waals surface area contributed by atoms with E-state index in [0.717, 1.165) is 6.54 Å². The molecule has 18 heavy (non-hydrogen) atoms. The van der Waals surface area contributed by atoms with Crippen LogP contribution in [0.4, 0.5) is 0 Å². The Balaban J connectivity index is 2.41. The molecule has 0 aromatic carbocycles. The van der Waals surface area contributed by atoms with Gasteiger partial charge in [-0.25, -0.2) is 0 Å². The van der Waals surface area contributed by atoms with Crippen LogP contribution in [0.2, 0.25) is 0 Å². The van der Waals surface area contributed by atoms with Crippen molar-refractivity contribution in [3.05, 3.63) is 0 Å². The molecular weight excluding hydrogens is 224 g/mol. The lowest BCUT2D eigenvalue weighted by Gasteiger charge is -2.34. The molecule has 3 N–H and O–H groups in total. The average Bonchev–Trinajstić information content (AvgIpc) is 2.34. The smallest absolute Gasteiger partial charge is 0.188 e. The lowest BCUT2D eigenvalue weighted by atomic mass is 10.0. The Hall–Kier alpha value is -0.770. The Morgan fingerprint density at radius 1 is 1.44 bits per heavy atom. The number of nitrogens with one attached hydrogen (secondary N) is 1. The number of hydrogen-bond acceptors (Lipinski definition) is 2. The van der Waals surface area contributed by atoms with Crippen LogP contribution >= 0.6 is 0 Å². The molecule has 1 unspecified atom stereocenters. The Bertz CT molecular complexity index is 250. The van der Waals surface area contributed by atoms with Crippen molar-refractivity contribution < 1.29 is 0 Å². The minimum absolute atomic E-state index is 0.358. The second-order valence-corrected chi connectivity index (χ2v) is 5.56. The quantitative estimate of drug-likeness (QED) is 0.563. The molecule has 1 rings (SSSR count). The van der Waals surface area contributed by atoms with Crippen LogP contribution in [0.15, 0.2) is 4.99 Å². The molecule has 0 bridgehead atoms. The molecule has 0 aromatic heterocycles. The van der Waals surface area contributed by atoms with E-state index in [2.05, 4.69) is 36.0 Å². The zero-order valence-electron chi connectivity index (χ0n) is 12.3. The van der Waals surface area contributed by atoms with Crippen molar-refractivity contribution in [3.63, 3.8) is 0 Å². The minimum atomic E-state index is 0.358. The maximum Gasteiger partial charge on any atom is 0.188 e. The maximum absolute atomic E-state index is 5.86. The minimum Gasteiger partial charge on any atom is -0.370 e. The first-order valence-electron chi connectivity index (χ1n) is 7.44. The van der Waals surface area contributed by atoms with Gasteiger partial charge in [0.1, 0.15) is 0 Å². The fourth-order valence-corrected chi connectivity index (χ4v) is 2.47. The van der Waals surface area contributed by atoms with Gasteiger partial charge in [0, 0.05) is 12.1 Å². The summed E-state index contributed by atoms with van der Waals surface area (Å²) in [5.41, 5.74) is 5.86. The highest BCUT2D eigenvalue weighted by atomic mass is 15.2. The zero-order valence-corrected chi connectivity index (χ0v) is 12.3. The summed E-state index contributed by atoms with van der Waals surface area (Å²) in [4.78, 5) is 7.08. The first-order chi connectivity index (χ1) is 8.63. The third-order valence-corrected chi connectivity index (χ3v) is 3.46. The topological polar surface area (TPSA) is 53.6 Å². The van der Waals surface area contributed by atoms with Gasteiger partial charge in [-0.3, -0.25) is 9.89 Å². The first kappa shape index (κ1) is 15.3. The van der Waals surface area contributed by atoms with E-state index in [4.69, 9.17) is 5.73 Å². The lowest BCUT2D eigenvalue weighted by Crippen LogP contribution is -2.43. The molecule has 1 fully saturated rings. The van der Waals surface area contributed by atoms with Gasteiger partial charge in [-0.2, -0.15) is 0 Å². The second kappa shape index (κ2) is 8.35. The van der Waals surface area contributed by atoms with E-state index in [9.17, 15) is 0 Å². The maximum atomic E-state index is 5.86. The van der Waals surface area contributed by atoms with Crippen molar-refractivity contribution in [1.29, 1.82) is 0 Å². The molecule has 0 amide bonds. The van der Waals surface area contributed by atoms with Crippen LogP contribution in [0.5, 0.6) is 0 Å². The van der Waals surface area contributed by atoms with Crippen LogP contribution in [0.3, 0.4) is 0 Å². The Morgan fingerprint density at radius 3 is 2.89 bits per heavy atom. The standard InChI is InChI=1S/C14H30N4/c1-4-5-9-18-10-7-6-8-13(18)11-16-14(15)17-12(2)3/h12-13H,4-11H2,1-3H3,(H3,15,16,17). The fourth-order valence-electron chi connectivity index (χ4n) is 2.47. The van der Waals surface area contributed by atoms with Crippen LogP contribution in [0.25, 0.3) is 0 Å². The van der Waals surface area contributed by atoms with E-state index in [1.165, 1.54) is 45.2 Å². The molecule has 106 valence electrons. The monoisotopic (exact) mass is 254 g/mol. The fraction of sp³-hybridized carbons (Fsp3) is 0.929. The van der Waals surface area contributed by atoms with Crippen molar-refractivity contribution in [1.82, 2.24) is 10.2 Å². The predicted octanol–water partition coefficient (Wildman–Crippen LogP) is 1.95. The van der Waals surface area contributed by atoms with Crippen molar-refractivity contribution in [2.45, 2.75) is 65.0 Å². The van der Waals surface area contributed by atoms with E-state index in [0.29, 0.717) is 18.0 Å². The highest BCUT2D eigenvalue weighted by Gasteiger charge is 2.21. The van der Waals surface area contributed by atoms with Crippen LogP contribution in [0.1, 0.15) is 52.9 Å². The van der Waals surface area contributed by atoms with Crippen LogP contribution in [0, 0.1) is 0 Å². The number of guanidine groups is 1. The van der Waals surface area contributed by atoms with Gasteiger partial charge < -0.3 is 11.1 Å². The van der Waals surface area contributed by atoms with Crippen LogP contribution in [-0.2, 0) is 0 Å². The molecule has 0 aliphatic carbocycles. The van der Waals surface area contributed by atoms with E-state index in [1.807, 2.05) is 0 Å². The van der Waals surface area contributed by atoms with E-state index < -0.39 is 0 Å². The van der Waals surface area contributed by atoms with Crippen molar-refractivity contribution in [3.8, 4) is 0 Å². The molecule has 1 heterocycles. The number of hydrogen-bond donors (Lipinski definition) is 2. The molecule has 0 radical (unpaired) electrons. The molecule has 1 aliphatic heterocycles. The van der Waals surface area contributed by atoms with Gasteiger partial charge in [-0.15, -0.1) is 0 Å². The van der Waals surface area contributed by atoms with E-state index in [1.54, 1.807) is 0 Å². The molecule has 0 spiro atoms. The molecule has 0 saturated carbocycles.